The van der Waals surface area contributed by atoms with Gasteiger partial charge in [0.15, 0.2) is 0 Å². The van der Waals surface area contributed by atoms with Crippen LogP contribution in [-0.4, -0.2) is 45.0 Å². The second-order valence-electron chi connectivity index (χ2n) is 6.27. The van der Waals surface area contributed by atoms with E-state index >= 15 is 0 Å². The number of rotatable bonds is 5. The number of fused-ring (bicyclic) bond motifs is 1. The molecule has 0 saturated heterocycles. The molecule has 0 spiro atoms. The number of nitrogens with one attached hydrogen (secondary N) is 1. The first-order chi connectivity index (χ1) is 13.8. The molecule has 4 heterocycles. The number of aromatic nitrogens is 7. The molecule has 0 saturated carbocycles. The van der Waals surface area contributed by atoms with Crippen molar-refractivity contribution in [2.24, 2.45) is 7.05 Å². The third-order valence-corrected chi connectivity index (χ3v) is 4.68. The maximum absolute atomic E-state index is 12.7. The van der Waals surface area contributed by atoms with E-state index in [1.165, 1.54) is 24.0 Å². The fourth-order valence-electron chi connectivity index (χ4n) is 2.77. The number of hydrogen-bond acceptors (Lipinski definition) is 7. The number of aryl methyl sites for hydroxylation is 1. The molecule has 0 fully saturated rings. The van der Waals surface area contributed by atoms with Gasteiger partial charge in [-0.3, -0.25) is 14.0 Å². The number of aliphatic carboxylic acids is 1. The molecule has 12 heteroatoms. The van der Waals surface area contributed by atoms with E-state index < -0.39 is 17.6 Å². The molecule has 0 aromatic carbocycles. The Morgan fingerprint density at radius 1 is 1.34 bits per heavy atom. The van der Waals surface area contributed by atoms with E-state index in [2.05, 4.69) is 25.5 Å². The average molecular weight is 415 g/mol. The Morgan fingerprint density at radius 3 is 2.83 bits per heavy atom. The van der Waals surface area contributed by atoms with Crippen LogP contribution in [0.3, 0.4) is 0 Å². The van der Waals surface area contributed by atoms with Crippen molar-refractivity contribution < 1.29 is 9.90 Å². The Hall–Kier alpha value is -3.73. The minimum atomic E-state index is -1.13. The van der Waals surface area contributed by atoms with Gasteiger partial charge in [-0.2, -0.15) is 10.2 Å². The SMILES string of the molecule is CC(C(=O)O)n1cnn2cc(-c3nc(Nc4ccnn4C)ncc3Cl)cc2c1=O. The molecule has 4 aromatic rings. The lowest BCUT2D eigenvalue weighted by Gasteiger charge is -2.09. The zero-order valence-corrected chi connectivity index (χ0v) is 16.1. The molecule has 0 aliphatic carbocycles. The summed E-state index contributed by atoms with van der Waals surface area (Å²) in [7, 11) is 1.77. The highest BCUT2D eigenvalue weighted by atomic mass is 35.5. The molecule has 0 bridgehead atoms. The predicted molar refractivity (Wildman–Crippen MR) is 104 cm³/mol. The van der Waals surface area contributed by atoms with Gasteiger partial charge in [-0.05, 0) is 13.0 Å². The fraction of sp³-hybridized carbons (Fsp3) is 0.176. The Balaban J connectivity index is 1.77. The molecular formula is C17H15ClN8O3. The molecular weight excluding hydrogens is 400 g/mol. The molecule has 1 unspecified atom stereocenters. The minimum absolute atomic E-state index is 0.200. The van der Waals surface area contributed by atoms with E-state index in [-0.39, 0.29) is 10.5 Å². The van der Waals surface area contributed by atoms with Crippen molar-refractivity contribution >= 4 is 34.9 Å². The van der Waals surface area contributed by atoms with Crippen LogP contribution in [0.15, 0.2) is 41.8 Å². The summed E-state index contributed by atoms with van der Waals surface area (Å²) in [5, 5.41) is 20.7. The van der Waals surface area contributed by atoms with E-state index in [0.717, 1.165) is 4.57 Å². The maximum atomic E-state index is 12.7. The van der Waals surface area contributed by atoms with E-state index in [0.29, 0.717) is 23.0 Å². The monoisotopic (exact) mass is 414 g/mol. The number of halogens is 1. The standard InChI is InChI=1S/C17H15ClN8O3/c1-9(16(28)29)25-8-21-26-7-10(5-12(26)15(25)27)14-11(18)6-19-17(23-14)22-13-3-4-20-24(13)2/h3-9H,1-2H3,(H,28,29)(H,19,22,23). The van der Waals surface area contributed by atoms with Crippen molar-refractivity contribution in [3.8, 4) is 11.3 Å². The molecule has 11 nitrogen and oxygen atoms in total. The first-order valence-corrected chi connectivity index (χ1v) is 8.83. The van der Waals surface area contributed by atoms with Crippen LogP contribution in [0.25, 0.3) is 16.8 Å². The number of carbonyl (C=O) groups is 1. The summed E-state index contributed by atoms with van der Waals surface area (Å²) in [5.74, 6) is -0.143. The van der Waals surface area contributed by atoms with Gasteiger partial charge in [0.05, 0.1) is 23.1 Å². The van der Waals surface area contributed by atoms with Gasteiger partial charge >= 0.3 is 5.97 Å². The van der Waals surface area contributed by atoms with Crippen LogP contribution in [0.5, 0.6) is 0 Å². The highest BCUT2D eigenvalue weighted by molar-refractivity contribution is 6.32. The van der Waals surface area contributed by atoms with Gasteiger partial charge in [-0.15, -0.1) is 0 Å². The van der Waals surface area contributed by atoms with Crippen molar-refractivity contribution in [3.05, 3.63) is 52.4 Å². The summed E-state index contributed by atoms with van der Waals surface area (Å²) in [6, 6.07) is 2.28. The normalized spacial score (nSPS) is 12.2. The van der Waals surface area contributed by atoms with Crippen LogP contribution in [0.4, 0.5) is 11.8 Å². The lowest BCUT2D eigenvalue weighted by Crippen LogP contribution is -2.29. The topological polar surface area (TPSA) is 132 Å². The van der Waals surface area contributed by atoms with E-state index in [1.54, 1.807) is 36.3 Å². The van der Waals surface area contributed by atoms with Gasteiger partial charge in [0.25, 0.3) is 5.56 Å². The largest absolute Gasteiger partial charge is 0.480 e. The van der Waals surface area contributed by atoms with Crippen LogP contribution in [0.1, 0.15) is 13.0 Å². The van der Waals surface area contributed by atoms with Gasteiger partial charge in [-0.1, -0.05) is 11.6 Å². The quantitative estimate of drug-likeness (QED) is 0.504. The Kier molecular flexibility index (Phi) is 4.51. The van der Waals surface area contributed by atoms with Crippen molar-refractivity contribution in [1.82, 2.24) is 33.9 Å². The van der Waals surface area contributed by atoms with Crippen molar-refractivity contribution in [1.29, 1.82) is 0 Å². The zero-order chi connectivity index (χ0) is 20.7. The number of anilines is 2. The Bertz CT molecular complexity index is 1290. The molecule has 29 heavy (non-hydrogen) atoms. The third kappa shape index (κ3) is 3.31. The summed E-state index contributed by atoms with van der Waals surface area (Å²) in [6.07, 6.45) is 5.86. The van der Waals surface area contributed by atoms with Gasteiger partial charge in [-0.25, -0.2) is 19.3 Å². The van der Waals surface area contributed by atoms with Gasteiger partial charge < -0.3 is 10.4 Å². The van der Waals surface area contributed by atoms with Crippen LogP contribution in [0, 0.1) is 0 Å². The Morgan fingerprint density at radius 2 is 2.14 bits per heavy atom. The lowest BCUT2D eigenvalue weighted by atomic mass is 10.2. The van der Waals surface area contributed by atoms with Crippen LogP contribution >= 0.6 is 11.6 Å². The number of hydrogen-bond donors (Lipinski definition) is 2. The van der Waals surface area contributed by atoms with E-state index in [4.69, 9.17) is 16.7 Å². The van der Waals surface area contributed by atoms with Gasteiger partial charge in [0.2, 0.25) is 5.95 Å². The summed E-state index contributed by atoms with van der Waals surface area (Å²) >= 11 is 6.27. The summed E-state index contributed by atoms with van der Waals surface area (Å²) in [5.41, 5.74) is 0.649. The smallest absolute Gasteiger partial charge is 0.326 e. The van der Waals surface area contributed by atoms with E-state index in [9.17, 15) is 9.59 Å². The maximum Gasteiger partial charge on any atom is 0.326 e. The first kappa shape index (κ1) is 18.6. The van der Waals surface area contributed by atoms with Crippen LogP contribution in [-0.2, 0) is 11.8 Å². The van der Waals surface area contributed by atoms with Crippen LogP contribution in [0.2, 0.25) is 5.02 Å². The summed E-state index contributed by atoms with van der Waals surface area (Å²) in [4.78, 5) is 32.5. The third-order valence-electron chi connectivity index (χ3n) is 4.41. The molecule has 4 rings (SSSR count). The molecule has 4 aromatic heterocycles. The molecule has 2 N–H and O–H groups in total. The second kappa shape index (κ2) is 7.02. The molecule has 0 radical (unpaired) electrons. The summed E-state index contributed by atoms with van der Waals surface area (Å²) in [6.45, 7) is 1.41. The molecule has 148 valence electrons. The predicted octanol–water partition coefficient (Wildman–Crippen LogP) is 1.73. The highest BCUT2D eigenvalue weighted by Crippen LogP contribution is 2.28. The van der Waals surface area contributed by atoms with Gasteiger partial charge in [0, 0.05) is 24.9 Å². The van der Waals surface area contributed by atoms with Crippen molar-refractivity contribution in [2.45, 2.75) is 13.0 Å². The second-order valence-corrected chi connectivity index (χ2v) is 6.68. The number of nitrogens with zero attached hydrogens (tertiary/aromatic N) is 7. The zero-order valence-electron chi connectivity index (χ0n) is 15.3. The van der Waals surface area contributed by atoms with Gasteiger partial charge in [0.1, 0.15) is 23.7 Å². The average Bonchev–Trinajstić information content (AvgIpc) is 3.30. The summed E-state index contributed by atoms with van der Waals surface area (Å²) < 4.78 is 4.04. The highest BCUT2D eigenvalue weighted by Gasteiger charge is 2.18. The van der Waals surface area contributed by atoms with E-state index in [1.807, 2.05) is 0 Å². The van der Waals surface area contributed by atoms with Crippen molar-refractivity contribution in [3.63, 3.8) is 0 Å². The lowest BCUT2D eigenvalue weighted by molar-refractivity contribution is -0.140. The molecule has 1 atom stereocenters. The van der Waals surface area contributed by atoms with Crippen molar-refractivity contribution in [2.75, 3.05) is 5.32 Å². The molecule has 0 aliphatic rings. The minimum Gasteiger partial charge on any atom is -0.480 e. The van der Waals surface area contributed by atoms with Crippen LogP contribution < -0.4 is 10.9 Å². The molecule has 0 aliphatic heterocycles. The number of carboxylic acids is 1. The Labute approximate surface area is 168 Å². The number of carboxylic acid groups (broad SMARTS) is 1. The fourth-order valence-corrected chi connectivity index (χ4v) is 2.97. The molecule has 0 amide bonds. The first-order valence-electron chi connectivity index (χ1n) is 8.45.